The van der Waals surface area contributed by atoms with Crippen molar-refractivity contribution in [1.82, 2.24) is 10.2 Å². The van der Waals surface area contributed by atoms with Crippen LogP contribution in [0.4, 0.5) is 0 Å². The lowest BCUT2D eigenvalue weighted by Crippen LogP contribution is -2.00. The van der Waals surface area contributed by atoms with Crippen LogP contribution in [-0.4, -0.2) is 22.6 Å². The third kappa shape index (κ3) is 4.77. The molecule has 4 nitrogen and oxygen atoms in total. The Hall–Kier alpha value is -1.50. The van der Waals surface area contributed by atoms with Gasteiger partial charge in [-0.15, -0.1) is 10.2 Å². The molecule has 0 fully saturated rings. The fourth-order valence-electron chi connectivity index (χ4n) is 2.13. The molecular weight excluding hydrogens is 424 g/mol. The second kappa shape index (κ2) is 8.25. The van der Waals surface area contributed by atoms with Crippen LogP contribution in [0.5, 0.6) is 5.75 Å². The number of ether oxygens (including phenoxy) is 1. The van der Waals surface area contributed by atoms with Crippen LogP contribution < -0.4 is 4.74 Å². The van der Waals surface area contributed by atoms with Crippen LogP contribution in [0.1, 0.15) is 11.1 Å². The van der Waals surface area contributed by atoms with Gasteiger partial charge in [-0.25, -0.2) is 0 Å². The van der Waals surface area contributed by atoms with E-state index < -0.39 is 0 Å². The first-order chi connectivity index (χ1) is 12.0. The Morgan fingerprint density at radius 3 is 2.72 bits per heavy atom. The zero-order chi connectivity index (χ0) is 17.8. The molecule has 25 heavy (non-hydrogen) atoms. The molecule has 7 heteroatoms. The molecule has 1 heterocycles. The van der Waals surface area contributed by atoms with Gasteiger partial charge in [0.25, 0.3) is 5.22 Å². The molecule has 0 atom stereocenters. The number of rotatable bonds is 6. The topological polar surface area (TPSA) is 48.2 Å². The molecular formula is C18H16BrClN2O2S. The van der Waals surface area contributed by atoms with E-state index in [1.807, 2.05) is 12.1 Å². The molecule has 0 unspecified atom stereocenters. The summed E-state index contributed by atoms with van der Waals surface area (Å²) >= 11 is 10.8. The largest absolute Gasteiger partial charge is 0.492 e. The number of aryl methyl sites for hydroxylation is 2. The van der Waals surface area contributed by atoms with Gasteiger partial charge in [0, 0.05) is 16.3 Å². The van der Waals surface area contributed by atoms with Crippen LogP contribution in [0.15, 0.2) is 50.5 Å². The Labute approximate surface area is 164 Å². The Morgan fingerprint density at radius 1 is 1.12 bits per heavy atom. The number of hydrogen-bond donors (Lipinski definition) is 0. The second-order valence-electron chi connectivity index (χ2n) is 5.44. The lowest BCUT2D eigenvalue weighted by atomic mass is 10.1. The van der Waals surface area contributed by atoms with Crippen molar-refractivity contribution in [2.24, 2.45) is 0 Å². The lowest BCUT2D eigenvalue weighted by molar-refractivity contribution is 0.341. The summed E-state index contributed by atoms with van der Waals surface area (Å²) in [6.07, 6.45) is 0. The van der Waals surface area contributed by atoms with Crippen molar-refractivity contribution >= 4 is 39.3 Å². The number of nitrogens with zero attached hydrogens (tertiary/aromatic N) is 2. The van der Waals surface area contributed by atoms with Crippen molar-refractivity contribution in [2.45, 2.75) is 19.1 Å². The molecule has 3 aromatic rings. The number of halogens is 2. The van der Waals surface area contributed by atoms with Crippen molar-refractivity contribution in [3.63, 3.8) is 0 Å². The third-order valence-electron chi connectivity index (χ3n) is 3.62. The van der Waals surface area contributed by atoms with E-state index in [0.29, 0.717) is 28.5 Å². The van der Waals surface area contributed by atoms with Crippen LogP contribution in [0, 0.1) is 13.8 Å². The van der Waals surface area contributed by atoms with E-state index >= 15 is 0 Å². The maximum Gasteiger partial charge on any atom is 0.276 e. The molecule has 3 rings (SSSR count). The standard InChI is InChI=1S/C18H16BrClN2O2S/c1-11-3-4-13(9-12(11)2)17-21-22-18(24-17)25-8-7-23-16-6-5-14(20)10-15(16)19/h3-6,9-10H,7-8H2,1-2H3. The average Bonchev–Trinajstić information content (AvgIpc) is 3.04. The Bertz CT molecular complexity index is 885. The normalized spacial score (nSPS) is 10.9. The minimum Gasteiger partial charge on any atom is -0.492 e. The van der Waals surface area contributed by atoms with E-state index in [-0.39, 0.29) is 0 Å². The summed E-state index contributed by atoms with van der Waals surface area (Å²) < 4.78 is 12.3. The number of thioether (sulfide) groups is 1. The molecule has 2 aromatic carbocycles. The van der Waals surface area contributed by atoms with Gasteiger partial charge < -0.3 is 9.15 Å². The highest BCUT2D eigenvalue weighted by Gasteiger charge is 2.10. The summed E-state index contributed by atoms with van der Waals surface area (Å²) in [6.45, 7) is 4.66. The van der Waals surface area contributed by atoms with Gasteiger partial charge in [0.1, 0.15) is 5.75 Å². The van der Waals surface area contributed by atoms with E-state index in [2.05, 4.69) is 52.1 Å². The predicted octanol–water partition coefficient (Wildman–Crippen LogP) is 5.94. The van der Waals surface area contributed by atoms with Gasteiger partial charge in [0.15, 0.2) is 0 Å². The Kier molecular flexibility index (Phi) is 6.04. The minimum atomic E-state index is 0.520. The van der Waals surface area contributed by atoms with Gasteiger partial charge in [-0.1, -0.05) is 29.4 Å². The van der Waals surface area contributed by atoms with Gasteiger partial charge in [0.2, 0.25) is 5.89 Å². The first kappa shape index (κ1) is 18.3. The summed E-state index contributed by atoms with van der Waals surface area (Å²) in [4.78, 5) is 0. The molecule has 0 amide bonds. The number of benzene rings is 2. The predicted molar refractivity (Wildman–Crippen MR) is 105 cm³/mol. The third-order valence-corrected chi connectivity index (χ3v) is 5.26. The van der Waals surface area contributed by atoms with Crippen molar-refractivity contribution in [3.05, 3.63) is 57.0 Å². The van der Waals surface area contributed by atoms with Crippen LogP contribution in [0.25, 0.3) is 11.5 Å². The Balaban J connectivity index is 1.54. The van der Waals surface area contributed by atoms with Crippen molar-refractivity contribution < 1.29 is 9.15 Å². The monoisotopic (exact) mass is 438 g/mol. The van der Waals surface area contributed by atoms with E-state index in [1.165, 1.54) is 22.9 Å². The van der Waals surface area contributed by atoms with Crippen molar-refractivity contribution in [1.29, 1.82) is 0 Å². The maximum atomic E-state index is 5.91. The van der Waals surface area contributed by atoms with Crippen LogP contribution in [-0.2, 0) is 0 Å². The zero-order valence-electron chi connectivity index (χ0n) is 13.8. The summed E-state index contributed by atoms with van der Waals surface area (Å²) in [7, 11) is 0. The smallest absolute Gasteiger partial charge is 0.276 e. The van der Waals surface area contributed by atoms with Crippen molar-refractivity contribution in [2.75, 3.05) is 12.4 Å². The first-order valence-electron chi connectivity index (χ1n) is 7.65. The minimum absolute atomic E-state index is 0.520. The second-order valence-corrected chi connectivity index (χ2v) is 7.78. The van der Waals surface area contributed by atoms with Gasteiger partial charge in [0.05, 0.1) is 11.1 Å². The maximum absolute atomic E-state index is 5.91. The fraction of sp³-hybridized carbons (Fsp3) is 0.222. The lowest BCUT2D eigenvalue weighted by Gasteiger charge is -2.07. The van der Waals surface area contributed by atoms with E-state index in [9.17, 15) is 0 Å². The molecule has 0 spiro atoms. The molecule has 0 aliphatic heterocycles. The highest BCUT2D eigenvalue weighted by molar-refractivity contribution is 9.10. The van der Waals surface area contributed by atoms with Gasteiger partial charge >= 0.3 is 0 Å². The quantitative estimate of drug-likeness (QED) is 0.351. The molecule has 0 radical (unpaired) electrons. The number of aromatic nitrogens is 2. The number of hydrogen-bond acceptors (Lipinski definition) is 5. The van der Waals surface area contributed by atoms with E-state index in [1.54, 1.807) is 12.1 Å². The van der Waals surface area contributed by atoms with Crippen LogP contribution in [0.2, 0.25) is 5.02 Å². The summed E-state index contributed by atoms with van der Waals surface area (Å²) in [5.74, 6) is 1.99. The van der Waals surface area contributed by atoms with Crippen LogP contribution >= 0.6 is 39.3 Å². The molecule has 0 saturated carbocycles. The van der Waals surface area contributed by atoms with E-state index in [4.69, 9.17) is 20.8 Å². The highest BCUT2D eigenvalue weighted by Crippen LogP contribution is 2.29. The van der Waals surface area contributed by atoms with Crippen LogP contribution in [0.3, 0.4) is 0 Å². The highest BCUT2D eigenvalue weighted by atomic mass is 79.9. The van der Waals surface area contributed by atoms with E-state index in [0.717, 1.165) is 15.8 Å². The zero-order valence-corrected chi connectivity index (χ0v) is 16.9. The summed E-state index contributed by atoms with van der Waals surface area (Å²) in [5, 5.41) is 9.40. The Morgan fingerprint density at radius 2 is 1.96 bits per heavy atom. The molecule has 0 aliphatic rings. The summed E-state index contributed by atoms with van der Waals surface area (Å²) in [5.41, 5.74) is 3.37. The van der Waals surface area contributed by atoms with Gasteiger partial charge in [-0.05, 0) is 71.2 Å². The summed E-state index contributed by atoms with van der Waals surface area (Å²) in [6, 6.07) is 11.5. The van der Waals surface area contributed by atoms with Crippen molar-refractivity contribution in [3.8, 4) is 17.2 Å². The molecule has 1 aromatic heterocycles. The SMILES string of the molecule is Cc1ccc(-c2nnc(SCCOc3ccc(Cl)cc3Br)o2)cc1C. The van der Waals surface area contributed by atoms with Gasteiger partial charge in [-0.2, -0.15) is 0 Å². The average molecular weight is 440 g/mol. The van der Waals surface area contributed by atoms with Gasteiger partial charge in [-0.3, -0.25) is 0 Å². The molecule has 130 valence electrons. The molecule has 0 bridgehead atoms. The molecule has 0 N–H and O–H groups in total. The fourth-order valence-corrected chi connectivity index (χ4v) is 3.51. The molecule has 0 saturated heterocycles. The molecule has 0 aliphatic carbocycles. The first-order valence-corrected chi connectivity index (χ1v) is 9.80.